The number of ether oxygens (including phenoxy) is 3. The molecule has 0 radical (unpaired) electrons. The summed E-state index contributed by atoms with van der Waals surface area (Å²) in [5.74, 6) is -0.497. The molecule has 39 heavy (non-hydrogen) atoms. The molecule has 0 saturated heterocycles. The van der Waals surface area contributed by atoms with E-state index in [4.69, 9.17) is 25.8 Å². The minimum atomic E-state index is -1.12. The molecule has 2 aromatic carbocycles. The number of aliphatic hydroxyl groups is 1. The van der Waals surface area contributed by atoms with Crippen LogP contribution in [-0.2, 0) is 16.1 Å². The molecule has 1 aliphatic rings. The van der Waals surface area contributed by atoms with Crippen molar-refractivity contribution in [1.82, 2.24) is 9.78 Å². The van der Waals surface area contributed by atoms with Crippen molar-refractivity contribution in [2.45, 2.75) is 39.0 Å². The maximum atomic E-state index is 14.1. The summed E-state index contributed by atoms with van der Waals surface area (Å²) in [5, 5.41) is 24.1. The van der Waals surface area contributed by atoms with Crippen LogP contribution in [0.5, 0.6) is 11.5 Å². The van der Waals surface area contributed by atoms with Crippen molar-refractivity contribution in [2.24, 2.45) is 5.41 Å². The van der Waals surface area contributed by atoms with Gasteiger partial charge in [-0.05, 0) is 30.3 Å². The molecule has 208 valence electrons. The predicted molar refractivity (Wildman–Crippen MR) is 145 cm³/mol. The minimum absolute atomic E-state index is 0.00965. The minimum Gasteiger partial charge on any atom is -0.493 e. The van der Waals surface area contributed by atoms with E-state index in [1.807, 2.05) is 26.0 Å². The summed E-state index contributed by atoms with van der Waals surface area (Å²) in [6.45, 7) is 3.92. The van der Waals surface area contributed by atoms with E-state index in [2.05, 4.69) is 5.10 Å². The first-order valence-electron chi connectivity index (χ1n) is 12.4. The second-order valence-corrected chi connectivity index (χ2v) is 10.5. The van der Waals surface area contributed by atoms with Crippen LogP contribution in [0.15, 0.2) is 48.7 Å². The van der Waals surface area contributed by atoms with Crippen LogP contribution >= 0.6 is 11.6 Å². The maximum Gasteiger partial charge on any atom is 0.354 e. The van der Waals surface area contributed by atoms with Gasteiger partial charge in [-0.15, -0.1) is 0 Å². The number of hydrogen-bond acceptors (Lipinski definition) is 7. The molecule has 0 spiro atoms. The van der Waals surface area contributed by atoms with E-state index in [0.29, 0.717) is 33.3 Å². The summed E-state index contributed by atoms with van der Waals surface area (Å²) < 4.78 is 19.1. The molecule has 0 aliphatic carbocycles. The van der Waals surface area contributed by atoms with Gasteiger partial charge in [0.05, 0.1) is 14.2 Å². The Bertz CT molecular complexity index is 1360. The number of amides is 1. The van der Waals surface area contributed by atoms with E-state index in [1.54, 1.807) is 29.2 Å². The Labute approximate surface area is 231 Å². The molecule has 2 heterocycles. The van der Waals surface area contributed by atoms with Crippen molar-refractivity contribution in [2.75, 3.05) is 32.3 Å². The number of carbonyl (C=O) groups excluding carboxylic acids is 1. The second-order valence-electron chi connectivity index (χ2n) is 10.1. The first-order valence-corrected chi connectivity index (χ1v) is 12.8. The number of para-hydroxylation sites is 1. The molecule has 11 heteroatoms. The molecule has 1 amide bonds. The van der Waals surface area contributed by atoms with Gasteiger partial charge < -0.3 is 29.3 Å². The van der Waals surface area contributed by atoms with E-state index in [9.17, 15) is 19.8 Å². The topological polar surface area (TPSA) is 123 Å². The number of aromatic carboxylic acids is 1. The first-order chi connectivity index (χ1) is 18.6. The average molecular weight is 558 g/mol. The number of nitrogens with zero attached hydrogens (tertiary/aromatic N) is 3. The van der Waals surface area contributed by atoms with Gasteiger partial charge in [-0.2, -0.15) is 5.10 Å². The average Bonchev–Trinajstić information content (AvgIpc) is 3.37. The van der Waals surface area contributed by atoms with E-state index in [-0.39, 0.29) is 37.7 Å². The fraction of sp³-hybridized carbons (Fsp3) is 0.393. The molecule has 1 aromatic heterocycles. The number of fused-ring (bicyclic) bond motifs is 1. The normalized spacial score (nSPS) is 17.5. The van der Waals surface area contributed by atoms with E-state index >= 15 is 0 Å². The summed E-state index contributed by atoms with van der Waals surface area (Å²) >= 11 is 6.45. The zero-order chi connectivity index (χ0) is 28.3. The third-order valence-corrected chi connectivity index (χ3v) is 6.91. The Hall–Kier alpha value is -3.60. The number of carboxylic acids is 1. The highest BCUT2D eigenvalue weighted by molar-refractivity contribution is 6.30. The first kappa shape index (κ1) is 28.4. The van der Waals surface area contributed by atoms with Crippen molar-refractivity contribution in [3.05, 3.63) is 70.5 Å². The van der Waals surface area contributed by atoms with Crippen molar-refractivity contribution < 1.29 is 34.0 Å². The van der Waals surface area contributed by atoms with Gasteiger partial charge in [0.2, 0.25) is 0 Å². The number of halogens is 1. The fourth-order valence-electron chi connectivity index (χ4n) is 4.69. The van der Waals surface area contributed by atoms with Crippen LogP contribution in [0.2, 0.25) is 5.02 Å². The fourth-order valence-corrected chi connectivity index (χ4v) is 4.87. The maximum absolute atomic E-state index is 14.1. The zero-order valence-electron chi connectivity index (χ0n) is 22.3. The van der Waals surface area contributed by atoms with Crippen molar-refractivity contribution >= 4 is 29.2 Å². The number of carbonyl (C=O) groups is 2. The number of rotatable bonds is 10. The second kappa shape index (κ2) is 11.6. The lowest BCUT2D eigenvalue weighted by Gasteiger charge is -2.32. The van der Waals surface area contributed by atoms with Crippen molar-refractivity contribution in [1.29, 1.82) is 0 Å². The lowest BCUT2D eigenvalue weighted by Crippen LogP contribution is -2.45. The molecular weight excluding hydrogens is 526 g/mol. The van der Waals surface area contributed by atoms with E-state index in [0.717, 1.165) is 0 Å². The van der Waals surface area contributed by atoms with Crippen LogP contribution in [0.25, 0.3) is 0 Å². The SMILES string of the molecule is COc1cccc([C@H]2O[C@H](CCn3nccc3C(=O)O)C(=O)N(CC(C)(C)CO)c3ccc(Cl)cc32)c1OC. The van der Waals surface area contributed by atoms with Crippen molar-refractivity contribution in [3.63, 3.8) is 0 Å². The smallest absolute Gasteiger partial charge is 0.354 e. The number of hydrogen-bond donors (Lipinski definition) is 2. The molecule has 3 aromatic rings. The van der Waals surface area contributed by atoms with Crippen LogP contribution in [-0.4, -0.2) is 65.3 Å². The number of methoxy groups -OCH3 is 2. The Balaban J connectivity index is 1.85. The number of benzene rings is 2. The van der Waals surface area contributed by atoms with Gasteiger partial charge in [-0.25, -0.2) is 4.79 Å². The third-order valence-electron chi connectivity index (χ3n) is 6.67. The van der Waals surface area contributed by atoms with Crippen LogP contribution in [0, 0.1) is 5.41 Å². The highest BCUT2D eigenvalue weighted by Gasteiger charge is 2.40. The number of aromatic nitrogens is 2. The Morgan fingerprint density at radius 3 is 2.59 bits per heavy atom. The van der Waals surface area contributed by atoms with Gasteiger partial charge in [0.15, 0.2) is 11.5 Å². The lowest BCUT2D eigenvalue weighted by atomic mass is 9.92. The molecule has 10 nitrogen and oxygen atoms in total. The van der Waals surface area contributed by atoms with E-state index in [1.165, 1.54) is 31.2 Å². The van der Waals surface area contributed by atoms with Crippen LogP contribution in [0.3, 0.4) is 0 Å². The lowest BCUT2D eigenvalue weighted by molar-refractivity contribution is -0.133. The summed E-state index contributed by atoms with van der Waals surface area (Å²) in [6.07, 6.45) is -0.229. The van der Waals surface area contributed by atoms with Gasteiger partial charge in [0.1, 0.15) is 17.9 Å². The third kappa shape index (κ3) is 5.88. The largest absolute Gasteiger partial charge is 0.493 e. The Morgan fingerprint density at radius 1 is 1.15 bits per heavy atom. The van der Waals surface area contributed by atoms with Crippen LogP contribution < -0.4 is 14.4 Å². The molecule has 0 fully saturated rings. The zero-order valence-corrected chi connectivity index (χ0v) is 23.0. The van der Waals surface area contributed by atoms with E-state index < -0.39 is 23.6 Å². The molecule has 0 saturated carbocycles. The number of aryl methyl sites for hydroxylation is 1. The van der Waals surface area contributed by atoms with Gasteiger partial charge in [-0.1, -0.05) is 37.6 Å². The highest BCUT2D eigenvalue weighted by Crippen LogP contribution is 2.45. The quantitative estimate of drug-likeness (QED) is 0.380. The van der Waals surface area contributed by atoms with Crippen LogP contribution in [0.1, 0.15) is 48.0 Å². The molecule has 2 N–H and O–H groups in total. The van der Waals surface area contributed by atoms with Gasteiger partial charge >= 0.3 is 5.97 Å². The Kier molecular flexibility index (Phi) is 8.48. The monoisotopic (exact) mass is 557 g/mol. The number of carboxylic acid groups (broad SMARTS) is 1. The number of anilines is 1. The molecule has 4 rings (SSSR count). The Morgan fingerprint density at radius 2 is 1.92 bits per heavy atom. The standard InChI is InChI=1S/C28H32ClN3O7/c1-28(2,16-33)15-31-20-9-8-17(29)14-19(20)24(18-6-5-7-22(37-3)25(18)38-4)39-23(26(31)34)11-13-32-21(27(35)36)10-12-30-32/h5-10,12,14,23-24,33H,11,13,15-16H2,1-4H3,(H,35,36)/t23-,24-/m1/s1. The molecule has 0 bridgehead atoms. The molecule has 1 aliphatic heterocycles. The summed E-state index contributed by atoms with van der Waals surface area (Å²) in [4.78, 5) is 27.3. The molecule has 2 atom stereocenters. The predicted octanol–water partition coefficient (Wildman–Crippen LogP) is 4.18. The van der Waals surface area contributed by atoms with Gasteiger partial charge in [-0.3, -0.25) is 9.48 Å². The van der Waals surface area contributed by atoms with Gasteiger partial charge in [0, 0.05) is 59.6 Å². The summed E-state index contributed by atoms with van der Waals surface area (Å²) in [5.41, 5.74) is 1.25. The molecule has 0 unspecified atom stereocenters. The summed E-state index contributed by atoms with van der Waals surface area (Å²) in [7, 11) is 3.07. The summed E-state index contributed by atoms with van der Waals surface area (Å²) in [6, 6.07) is 12.0. The molecular formula is C28H32ClN3O7. The van der Waals surface area contributed by atoms with Crippen molar-refractivity contribution in [3.8, 4) is 11.5 Å². The van der Waals surface area contributed by atoms with Gasteiger partial charge in [0.25, 0.3) is 5.91 Å². The number of aliphatic hydroxyl groups excluding tert-OH is 1. The highest BCUT2D eigenvalue weighted by atomic mass is 35.5. The van der Waals surface area contributed by atoms with Crippen LogP contribution in [0.4, 0.5) is 5.69 Å².